The first-order valence-corrected chi connectivity index (χ1v) is 7.53. The summed E-state index contributed by atoms with van der Waals surface area (Å²) in [5.41, 5.74) is 0.902. The van der Waals surface area contributed by atoms with Crippen LogP contribution in [0.15, 0.2) is 18.2 Å². The molecule has 0 saturated heterocycles. The van der Waals surface area contributed by atoms with Gasteiger partial charge in [-0.05, 0) is 33.3 Å². The molecule has 0 aliphatic carbocycles. The highest BCUT2D eigenvalue weighted by molar-refractivity contribution is 5.87. The van der Waals surface area contributed by atoms with Crippen LogP contribution >= 0.6 is 0 Å². The average Bonchev–Trinajstić information content (AvgIpc) is 2.43. The third-order valence-corrected chi connectivity index (χ3v) is 3.18. The highest BCUT2D eigenvalue weighted by Gasteiger charge is 2.18. The Morgan fingerprint density at radius 2 is 1.92 bits per heavy atom. The number of amides is 2. The van der Waals surface area contributed by atoms with E-state index < -0.39 is 4.92 Å². The molecular weight excluding hydrogens is 312 g/mol. The summed E-state index contributed by atoms with van der Waals surface area (Å²) in [6.45, 7) is 7.27. The van der Waals surface area contributed by atoms with Crippen molar-refractivity contribution in [2.45, 2.75) is 33.2 Å². The molecule has 0 atom stereocenters. The van der Waals surface area contributed by atoms with Gasteiger partial charge in [-0.25, -0.2) is 0 Å². The lowest BCUT2D eigenvalue weighted by Crippen LogP contribution is -2.47. The van der Waals surface area contributed by atoms with Gasteiger partial charge < -0.3 is 15.5 Å². The van der Waals surface area contributed by atoms with Crippen LogP contribution in [0.4, 0.5) is 11.4 Å². The van der Waals surface area contributed by atoms with Crippen LogP contribution in [0.2, 0.25) is 0 Å². The Hall–Kier alpha value is -2.64. The predicted molar refractivity (Wildman–Crippen MR) is 91.9 cm³/mol. The van der Waals surface area contributed by atoms with E-state index >= 15 is 0 Å². The molecule has 0 aromatic heterocycles. The van der Waals surface area contributed by atoms with Gasteiger partial charge in [0.2, 0.25) is 11.8 Å². The van der Waals surface area contributed by atoms with Crippen molar-refractivity contribution in [3.63, 3.8) is 0 Å². The summed E-state index contributed by atoms with van der Waals surface area (Å²) in [4.78, 5) is 35.5. The fourth-order valence-corrected chi connectivity index (χ4v) is 1.98. The molecule has 2 amide bonds. The Kier molecular flexibility index (Phi) is 6.27. The number of nitrogens with one attached hydrogen (secondary N) is 2. The lowest BCUT2D eigenvalue weighted by Gasteiger charge is -2.23. The third kappa shape index (κ3) is 6.23. The molecule has 0 aliphatic rings. The van der Waals surface area contributed by atoms with Crippen LogP contribution in [0, 0.1) is 17.0 Å². The number of rotatable bonds is 6. The molecule has 1 rings (SSSR count). The van der Waals surface area contributed by atoms with Crippen molar-refractivity contribution in [3.05, 3.63) is 33.9 Å². The first kappa shape index (κ1) is 19.4. The summed E-state index contributed by atoms with van der Waals surface area (Å²) in [5, 5.41) is 16.5. The van der Waals surface area contributed by atoms with E-state index in [1.165, 1.54) is 24.1 Å². The number of carbonyl (C=O) groups excluding carboxylic acids is 2. The molecule has 8 nitrogen and oxygen atoms in total. The van der Waals surface area contributed by atoms with Gasteiger partial charge in [-0.2, -0.15) is 0 Å². The summed E-state index contributed by atoms with van der Waals surface area (Å²) in [7, 11) is 1.53. The smallest absolute Gasteiger partial charge is 0.271 e. The van der Waals surface area contributed by atoms with Crippen molar-refractivity contribution in [2.75, 3.05) is 25.5 Å². The SMILES string of the molecule is Cc1ccc([N+](=O)[O-])cc1NCC(=O)N(C)CC(=O)NC(C)(C)C. The first-order valence-electron chi connectivity index (χ1n) is 7.53. The van der Waals surface area contributed by atoms with Gasteiger partial charge in [0.25, 0.3) is 5.69 Å². The van der Waals surface area contributed by atoms with Crippen LogP contribution in [-0.4, -0.2) is 47.3 Å². The van der Waals surface area contributed by atoms with Gasteiger partial charge in [0, 0.05) is 30.4 Å². The number of nitro groups is 1. The van der Waals surface area contributed by atoms with E-state index in [-0.39, 0.29) is 36.1 Å². The number of anilines is 1. The number of nitrogens with zero attached hydrogens (tertiary/aromatic N) is 2. The Bertz CT molecular complexity index is 637. The lowest BCUT2D eigenvalue weighted by molar-refractivity contribution is -0.384. The first-order chi connectivity index (χ1) is 11.0. The minimum Gasteiger partial charge on any atom is -0.376 e. The minimum absolute atomic E-state index is 0.0477. The van der Waals surface area contributed by atoms with E-state index in [4.69, 9.17) is 0 Å². The van der Waals surface area contributed by atoms with Gasteiger partial charge in [0.15, 0.2) is 0 Å². The van der Waals surface area contributed by atoms with E-state index in [0.717, 1.165) is 5.56 Å². The second-order valence-corrected chi connectivity index (χ2v) is 6.66. The maximum absolute atomic E-state index is 12.1. The second-order valence-electron chi connectivity index (χ2n) is 6.66. The molecular formula is C16H24N4O4. The van der Waals surface area contributed by atoms with Crippen molar-refractivity contribution < 1.29 is 14.5 Å². The molecule has 1 aromatic carbocycles. The zero-order valence-electron chi connectivity index (χ0n) is 14.7. The number of benzene rings is 1. The van der Waals surface area contributed by atoms with Gasteiger partial charge in [-0.3, -0.25) is 19.7 Å². The van der Waals surface area contributed by atoms with E-state index in [9.17, 15) is 19.7 Å². The van der Waals surface area contributed by atoms with Crippen LogP contribution < -0.4 is 10.6 Å². The number of nitro benzene ring substituents is 1. The molecule has 0 fully saturated rings. The van der Waals surface area contributed by atoms with Crippen molar-refractivity contribution >= 4 is 23.2 Å². The summed E-state index contributed by atoms with van der Waals surface area (Å²) in [6.07, 6.45) is 0. The molecule has 1 aromatic rings. The zero-order chi connectivity index (χ0) is 18.5. The topological polar surface area (TPSA) is 105 Å². The Balaban J connectivity index is 2.61. The van der Waals surface area contributed by atoms with Crippen molar-refractivity contribution in [2.24, 2.45) is 0 Å². The highest BCUT2D eigenvalue weighted by Crippen LogP contribution is 2.21. The van der Waals surface area contributed by atoms with Crippen LogP contribution in [0.5, 0.6) is 0 Å². The third-order valence-electron chi connectivity index (χ3n) is 3.18. The van der Waals surface area contributed by atoms with Gasteiger partial charge in [-0.15, -0.1) is 0 Å². The summed E-state index contributed by atoms with van der Waals surface area (Å²) in [5.74, 6) is -0.533. The van der Waals surface area contributed by atoms with Crippen LogP contribution in [0.1, 0.15) is 26.3 Å². The summed E-state index contributed by atoms with van der Waals surface area (Å²) >= 11 is 0. The number of carbonyl (C=O) groups is 2. The highest BCUT2D eigenvalue weighted by atomic mass is 16.6. The molecule has 0 aliphatic heterocycles. The summed E-state index contributed by atoms with van der Waals surface area (Å²) in [6, 6.07) is 4.41. The number of hydrogen-bond acceptors (Lipinski definition) is 5. The maximum atomic E-state index is 12.1. The molecule has 0 bridgehead atoms. The van der Waals surface area contributed by atoms with E-state index in [2.05, 4.69) is 10.6 Å². The zero-order valence-corrected chi connectivity index (χ0v) is 14.7. The predicted octanol–water partition coefficient (Wildman–Crippen LogP) is 1.69. The van der Waals surface area contributed by atoms with Crippen molar-refractivity contribution in [1.29, 1.82) is 0 Å². The standard InChI is InChI=1S/C16H24N4O4/c1-11-6-7-12(20(23)24)8-13(11)17-9-15(22)19(5)10-14(21)18-16(2,3)4/h6-8,17H,9-10H2,1-5H3,(H,18,21). The number of aryl methyl sites for hydroxylation is 1. The molecule has 0 saturated carbocycles. The molecule has 2 N–H and O–H groups in total. The number of non-ortho nitro benzene ring substituents is 1. The number of likely N-dealkylation sites (N-methyl/N-ethyl adjacent to an activating group) is 1. The summed E-state index contributed by atoms with van der Waals surface area (Å²) < 4.78 is 0. The molecule has 0 heterocycles. The quantitative estimate of drug-likeness (QED) is 0.607. The molecule has 8 heteroatoms. The Labute approximate surface area is 141 Å². The maximum Gasteiger partial charge on any atom is 0.271 e. The Morgan fingerprint density at radius 3 is 2.46 bits per heavy atom. The normalized spacial score (nSPS) is 10.9. The second kappa shape index (κ2) is 7.76. The van der Waals surface area contributed by atoms with Crippen molar-refractivity contribution in [1.82, 2.24) is 10.2 Å². The average molecular weight is 336 g/mol. The number of hydrogen-bond donors (Lipinski definition) is 2. The van der Waals surface area contributed by atoms with E-state index in [1.54, 1.807) is 13.0 Å². The largest absolute Gasteiger partial charge is 0.376 e. The molecule has 24 heavy (non-hydrogen) atoms. The van der Waals surface area contributed by atoms with Gasteiger partial charge in [0.1, 0.15) is 0 Å². The van der Waals surface area contributed by atoms with Gasteiger partial charge >= 0.3 is 0 Å². The minimum atomic E-state index is -0.491. The molecule has 0 unspecified atom stereocenters. The fourth-order valence-electron chi connectivity index (χ4n) is 1.98. The molecule has 0 radical (unpaired) electrons. The van der Waals surface area contributed by atoms with Crippen LogP contribution in [0.25, 0.3) is 0 Å². The van der Waals surface area contributed by atoms with E-state index in [0.29, 0.717) is 5.69 Å². The van der Waals surface area contributed by atoms with Crippen LogP contribution in [-0.2, 0) is 9.59 Å². The van der Waals surface area contributed by atoms with Gasteiger partial charge in [0.05, 0.1) is 18.0 Å². The van der Waals surface area contributed by atoms with Gasteiger partial charge in [-0.1, -0.05) is 6.07 Å². The lowest BCUT2D eigenvalue weighted by atomic mass is 10.1. The monoisotopic (exact) mass is 336 g/mol. The van der Waals surface area contributed by atoms with Crippen molar-refractivity contribution in [3.8, 4) is 0 Å². The fraction of sp³-hybridized carbons (Fsp3) is 0.500. The Morgan fingerprint density at radius 1 is 1.29 bits per heavy atom. The molecule has 0 spiro atoms. The van der Waals surface area contributed by atoms with Crippen LogP contribution in [0.3, 0.4) is 0 Å². The van der Waals surface area contributed by atoms with E-state index in [1.807, 2.05) is 20.8 Å². The molecule has 132 valence electrons.